The van der Waals surface area contributed by atoms with Gasteiger partial charge in [0.25, 0.3) is 5.91 Å². The minimum absolute atomic E-state index is 0.0106. The zero-order valence-electron chi connectivity index (χ0n) is 13.0. The number of hydrogen-bond donors (Lipinski definition) is 0. The van der Waals surface area contributed by atoms with Crippen molar-refractivity contribution >= 4 is 49.4 Å². The number of halogens is 2. The van der Waals surface area contributed by atoms with Crippen LogP contribution in [-0.2, 0) is 9.53 Å². The van der Waals surface area contributed by atoms with Gasteiger partial charge in [-0.15, -0.1) is 0 Å². The van der Waals surface area contributed by atoms with Crippen molar-refractivity contribution in [2.75, 3.05) is 11.4 Å². The summed E-state index contributed by atoms with van der Waals surface area (Å²) in [5.74, 6) is -0.162. The topological polar surface area (TPSA) is 49.9 Å². The molecule has 0 unspecified atom stereocenters. The van der Waals surface area contributed by atoms with E-state index in [2.05, 4.69) is 31.9 Å². The van der Waals surface area contributed by atoms with E-state index in [1.807, 2.05) is 25.1 Å². The average molecular weight is 456 g/mol. The first-order valence-electron chi connectivity index (χ1n) is 8.21. The highest BCUT2D eigenvalue weighted by Gasteiger charge is 2.76. The number of benzene rings is 1. The Kier molecular flexibility index (Phi) is 3.09. The molecule has 4 heterocycles. The summed E-state index contributed by atoms with van der Waals surface area (Å²) in [6.45, 7) is 2.49. The smallest absolute Gasteiger partial charge is 0.257 e. The summed E-state index contributed by atoms with van der Waals surface area (Å²) in [4.78, 5) is 30.0. The van der Waals surface area contributed by atoms with Gasteiger partial charge in [-0.25, -0.2) is 0 Å². The van der Waals surface area contributed by atoms with Crippen LogP contribution in [-0.4, -0.2) is 50.8 Å². The fourth-order valence-electron chi connectivity index (χ4n) is 4.95. The minimum atomic E-state index is -0.685. The quantitative estimate of drug-likeness (QED) is 0.611. The van der Waals surface area contributed by atoms with Gasteiger partial charge in [-0.3, -0.25) is 14.5 Å². The summed E-state index contributed by atoms with van der Waals surface area (Å²) in [6, 6.07) is 7.38. The van der Waals surface area contributed by atoms with Crippen LogP contribution in [0.1, 0.15) is 23.7 Å². The second-order valence-electron chi connectivity index (χ2n) is 6.83. The second-order valence-corrected chi connectivity index (χ2v) is 8.88. The number of amides is 2. The molecule has 24 heavy (non-hydrogen) atoms. The standard InChI is InChI=1S/C17H16Br2N2O3/c1-2-20-14(22)8-5-3-4-6-10(8)21-15(23)9-7-11-12(18)13(19)17(9,24-11)16(20)21/h3-6,9,11-13,16H,2,7H2,1H3/t9-,11-,12-,13+,16+,17+/m0/s1. The van der Waals surface area contributed by atoms with Crippen molar-refractivity contribution in [3.05, 3.63) is 29.8 Å². The molecule has 5 nitrogen and oxygen atoms in total. The Labute approximate surface area is 156 Å². The van der Waals surface area contributed by atoms with Crippen LogP contribution in [0.3, 0.4) is 0 Å². The predicted molar refractivity (Wildman–Crippen MR) is 95.6 cm³/mol. The lowest BCUT2D eigenvalue weighted by Crippen LogP contribution is -2.64. The molecule has 0 saturated carbocycles. The summed E-state index contributed by atoms with van der Waals surface area (Å²) < 4.78 is 6.39. The number of ether oxygens (including phenoxy) is 1. The van der Waals surface area contributed by atoms with Gasteiger partial charge in [-0.1, -0.05) is 44.0 Å². The number of para-hydroxylation sites is 1. The highest BCUT2D eigenvalue weighted by molar-refractivity contribution is 9.12. The third kappa shape index (κ3) is 1.51. The lowest BCUT2D eigenvalue weighted by Gasteiger charge is -2.46. The summed E-state index contributed by atoms with van der Waals surface area (Å²) in [6.07, 6.45) is 0.327. The molecule has 5 rings (SSSR count). The van der Waals surface area contributed by atoms with E-state index >= 15 is 0 Å². The maximum Gasteiger partial charge on any atom is 0.257 e. The maximum absolute atomic E-state index is 13.3. The van der Waals surface area contributed by atoms with E-state index in [-0.39, 0.29) is 39.7 Å². The van der Waals surface area contributed by atoms with Gasteiger partial charge in [0.2, 0.25) is 5.91 Å². The number of likely N-dealkylation sites (N-methyl/N-ethyl adjacent to an activating group) is 1. The molecule has 6 atom stereocenters. The van der Waals surface area contributed by atoms with E-state index in [0.717, 1.165) is 0 Å². The monoisotopic (exact) mass is 454 g/mol. The van der Waals surface area contributed by atoms with Gasteiger partial charge in [-0.2, -0.15) is 0 Å². The maximum atomic E-state index is 13.3. The van der Waals surface area contributed by atoms with E-state index < -0.39 is 5.60 Å². The van der Waals surface area contributed by atoms with Crippen molar-refractivity contribution in [2.45, 2.75) is 40.9 Å². The summed E-state index contributed by atoms with van der Waals surface area (Å²) in [5.41, 5.74) is 0.620. The molecular weight excluding hydrogens is 440 g/mol. The van der Waals surface area contributed by atoms with Gasteiger partial charge in [0.05, 0.1) is 32.9 Å². The molecule has 0 aromatic heterocycles. The third-order valence-corrected chi connectivity index (χ3v) is 9.02. The molecular formula is C17H16Br2N2O3. The van der Waals surface area contributed by atoms with E-state index in [0.29, 0.717) is 24.2 Å². The van der Waals surface area contributed by atoms with Gasteiger partial charge in [-0.05, 0) is 25.5 Å². The van der Waals surface area contributed by atoms with Gasteiger partial charge in [0.1, 0.15) is 11.8 Å². The largest absolute Gasteiger partial charge is 0.364 e. The Morgan fingerprint density at radius 3 is 2.75 bits per heavy atom. The van der Waals surface area contributed by atoms with E-state index in [1.54, 1.807) is 15.9 Å². The molecule has 4 aliphatic rings. The molecule has 3 fully saturated rings. The molecule has 0 N–H and O–H groups in total. The first kappa shape index (κ1) is 15.3. The molecule has 1 spiro atoms. The van der Waals surface area contributed by atoms with Crippen LogP contribution >= 0.6 is 31.9 Å². The zero-order chi connectivity index (χ0) is 16.8. The molecule has 4 aliphatic heterocycles. The van der Waals surface area contributed by atoms with Crippen LogP contribution in [0.25, 0.3) is 0 Å². The van der Waals surface area contributed by atoms with Crippen LogP contribution in [0.15, 0.2) is 24.3 Å². The molecule has 0 radical (unpaired) electrons. The van der Waals surface area contributed by atoms with Gasteiger partial charge in [0.15, 0.2) is 0 Å². The number of anilines is 1. The molecule has 0 aliphatic carbocycles. The number of alkyl halides is 2. The van der Waals surface area contributed by atoms with Crippen LogP contribution < -0.4 is 4.90 Å². The van der Waals surface area contributed by atoms with Crippen molar-refractivity contribution < 1.29 is 14.3 Å². The van der Waals surface area contributed by atoms with E-state index in [9.17, 15) is 9.59 Å². The average Bonchev–Trinajstić information content (AvgIpc) is 3.17. The summed E-state index contributed by atoms with van der Waals surface area (Å²) >= 11 is 7.49. The fourth-order valence-corrected chi connectivity index (χ4v) is 6.69. The molecule has 1 aromatic carbocycles. The number of hydrogen-bond acceptors (Lipinski definition) is 3. The number of carbonyl (C=O) groups is 2. The minimum Gasteiger partial charge on any atom is -0.364 e. The SMILES string of the molecule is CCN1C(=O)c2ccccc2N2C(=O)[C@@H]3C[C@@H]4O[C@]3([C@H](Br)[C@H]4Br)[C@H]12. The van der Waals surface area contributed by atoms with Gasteiger partial charge < -0.3 is 9.64 Å². The molecule has 2 bridgehead atoms. The van der Waals surface area contributed by atoms with Crippen molar-refractivity contribution in [2.24, 2.45) is 5.92 Å². The molecule has 2 amide bonds. The van der Waals surface area contributed by atoms with Gasteiger partial charge >= 0.3 is 0 Å². The van der Waals surface area contributed by atoms with Crippen molar-refractivity contribution in [3.63, 3.8) is 0 Å². The molecule has 3 saturated heterocycles. The van der Waals surface area contributed by atoms with Gasteiger partial charge in [0, 0.05) is 6.54 Å². The number of rotatable bonds is 1. The van der Waals surface area contributed by atoms with Crippen molar-refractivity contribution in [3.8, 4) is 0 Å². The Bertz CT molecular complexity index is 772. The molecule has 1 aromatic rings. The first-order valence-corrected chi connectivity index (χ1v) is 10.0. The summed E-state index contributed by atoms with van der Waals surface area (Å²) in [7, 11) is 0. The first-order chi connectivity index (χ1) is 11.5. The number of carbonyl (C=O) groups excluding carboxylic acids is 2. The highest BCUT2D eigenvalue weighted by atomic mass is 79.9. The summed E-state index contributed by atoms with van der Waals surface area (Å²) in [5, 5.41) is 0. The van der Waals surface area contributed by atoms with Crippen molar-refractivity contribution in [1.82, 2.24) is 4.90 Å². The Balaban J connectivity index is 1.75. The zero-order valence-corrected chi connectivity index (χ0v) is 16.2. The van der Waals surface area contributed by atoms with E-state index in [1.165, 1.54) is 0 Å². The number of fused-ring (bicyclic) bond motifs is 4. The van der Waals surface area contributed by atoms with Crippen LogP contribution in [0.5, 0.6) is 0 Å². The second kappa shape index (κ2) is 4.83. The fraction of sp³-hybridized carbons (Fsp3) is 0.529. The third-order valence-electron chi connectivity index (χ3n) is 5.91. The Morgan fingerprint density at radius 2 is 2.04 bits per heavy atom. The lowest BCUT2D eigenvalue weighted by atomic mass is 9.78. The Hall–Kier alpha value is -0.920. The Morgan fingerprint density at radius 1 is 1.29 bits per heavy atom. The lowest BCUT2D eigenvalue weighted by molar-refractivity contribution is -0.121. The van der Waals surface area contributed by atoms with Crippen LogP contribution in [0.4, 0.5) is 5.69 Å². The normalized spacial score (nSPS) is 42.4. The van der Waals surface area contributed by atoms with Crippen LogP contribution in [0, 0.1) is 5.92 Å². The number of nitrogens with zero attached hydrogens (tertiary/aromatic N) is 2. The molecule has 7 heteroatoms. The van der Waals surface area contributed by atoms with E-state index in [4.69, 9.17) is 4.74 Å². The molecule has 126 valence electrons. The van der Waals surface area contributed by atoms with Crippen LogP contribution in [0.2, 0.25) is 0 Å². The van der Waals surface area contributed by atoms with Crippen molar-refractivity contribution in [1.29, 1.82) is 0 Å². The highest BCUT2D eigenvalue weighted by Crippen LogP contribution is 2.61. The predicted octanol–water partition coefficient (Wildman–Crippen LogP) is 2.52.